The van der Waals surface area contributed by atoms with Crippen molar-refractivity contribution in [2.24, 2.45) is 5.92 Å². The summed E-state index contributed by atoms with van der Waals surface area (Å²) < 4.78 is 0. The van der Waals surface area contributed by atoms with Crippen LogP contribution in [-0.2, 0) is 0 Å². The number of rotatable bonds is 2. The number of hydrogen-bond donors (Lipinski definition) is 1. The molecule has 0 spiro atoms. The highest BCUT2D eigenvalue weighted by Crippen LogP contribution is 2.28. The van der Waals surface area contributed by atoms with E-state index < -0.39 is 0 Å². The Labute approximate surface area is 124 Å². The van der Waals surface area contributed by atoms with E-state index in [-0.39, 0.29) is 12.5 Å². The first-order valence-corrected chi connectivity index (χ1v) is 7.95. The summed E-state index contributed by atoms with van der Waals surface area (Å²) in [4.78, 5) is 15.1. The first-order chi connectivity index (χ1) is 9.63. The number of hydrogen-bond acceptors (Lipinski definition) is 3. The molecule has 108 valence electrons. The lowest BCUT2D eigenvalue weighted by Gasteiger charge is -2.33. The number of thiophene rings is 1. The van der Waals surface area contributed by atoms with Gasteiger partial charge < -0.3 is 10.0 Å². The molecule has 20 heavy (non-hydrogen) atoms. The first-order valence-electron chi connectivity index (χ1n) is 7.08. The highest BCUT2D eigenvalue weighted by atomic mass is 32.1. The molecule has 4 heteroatoms. The van der Waals surface area contributed by atoms with Crippen LogP contribution in [-0.4, -0.2) is 35.6 Å². The summed E-state index contributed by atoms with van der Waals surface area (Å²) in [5.74, 6) is 6.30. The van der Waals surface area contributed by atoms with E-state index in [0.717, 1.165) is 24.3 Å². The van der Waals surface area contributed by atoms with Gasteiger partial charge >= 0.3 is 0 Å². The quantitative estimate of drug-likeness (QED) is 0.851. The average Bonchev–Trinajstić information content (AvgIpc) is 2.92. The largest absolute Gasteiger partial charge is 0.384 e. The summed E-state index contributed by atoms with van der Waals surface area (Å²) in [5, 5.41) is 10.6. The lowest BCUT2D eigenvalue weighted by molar-refractivity contribution is 0.0684. The number of aliphatic hydroxyl groups is 1. The fourth-order valence-electron chi connectivity index (χ4n) is 2.66. The minimum absolute atomic E-state index is 0.0572. The molecule has 0 unspecified atom stereocenters. The smallest absolute Gasteiger partial charge is 0.265 e. The topological polar surface area (TPSA) is 40.5 Å². The van der Waals surface area contributed by atoms with Gasteiger partial charge in [-0.3, -0.25) is 4.79 Å². The Bertz CT molecular complexity index is 518. The molecule has 0 aromatic carbocycles. The van der Waals surface area contributed by atoms with Crippen molar-refractivity contribution in [3.8, 4) is 11.8 Å². The van der Waals surface area contributed by atoms with Crippen LogP contribution >= 0.6 is 11.3 Å². The molecule has 1 aromatic heterocycles. The second kappa shape index (κ2) is 6.92. The monoisotopic (exact) mass is 291 g/mol. The van der Waals surface area contributed by atoms with Gasteiger partial charge in [0.15, 0.2) is 0 Å². The van der Waals surface area contributed by atoms with Gasteiger partial charge in [0.2, 0.25) is 0 Å². The van der Waals surface area contributed by atoms with E-state index in [1.807, 2.05) is 23.4 Å². The summed E-state index contributed by atoms with van der Waals surface area (Å²) >= 11 is 1.43. The SMILES string of the molecule is CC1CCC(N(C)C(=O)c2sccc2C#CCO)CC1. The maximum absolute atomic E-state index is 12.6. The molecule has 0 atom stereocenters. The summed E-state index contributed by atoms with van der Waals surface area (Å²) in [7, 11) is 1.89. The molecule has 1 aliphatic carbocycles. The average molecular weight is 291 g/mol. The minimum Gasteiger partial charge on any atom is -0.384 e. The molecule has 1 amide bonds. The molecule has 0 radical (unpaired) electrons. The highest BCUT2D eigenvalue weighted by Gasteiger charge is 2.26. The van der Waals surface area contributed by atoms with Gasteiger partial charge in [-0.15, -0.1) is 11.3 Å². The van der Waals surface area contributed by atoms with Crippen LogP contribution in [0.5, 0.6) is 0 Å². The molecular weight excluding hydrogens is 270 g/mol. The van der Waals surface area contributed by atoms with Crippen molar-refractivity contribution in [1.29, 1.82) is 0 Å². The number of amides is 1. The zero-order chi connectivity index (χ0) is 14.5. The van der Waals surface area contributed by atoms with Gasteiger partial charge in [-0.1, -0.05) is 18.8 Å². The Morgan fingerprint density at radius 1 is 1.45 bits per heavy atom. The van der Waals surface area contributed by atoms with Crippen LogP contribution < -0.4 is 0 Å². The molecule has 0 saturated heterocycles. The van der Waals surface area contributed by atoms with Crippen LogP contribution in [0.1, 0.15) is 47.8 Å². The van der Waals surface area contributed by atoms with E-state index in [1.54, 1.807) is 0 Å². The van der Waals surface area contributed by atoms with Crippen LogP contribution in [0.4, 0.5) is 0 Å². The molecule has 1 saturated carbocycles. The van der Waals surface area contributed by atoms with Gasteiger partial charge in [0.25, 0.3) is 5.91 Å². The van der Waals surface area contributed by atoms with Gasteiger partial charge in [-0.05, 0) is 43.0 Å². The Hall–Kier alpha value is -1.31. The fourth-order valence-corrected chi connectivity index (χ4v) is 3.49. The van der Waals surface area contributed by atoms with E-state index in [4.69, 9.17) is 5.11 Å². The molecule has 1 fully saturated rings. The maximum Gasteiger partial charge on any atom is 0.265 e. The van der Waals surface area contributed by atoms with E-state index in [2.05, 4.69) is 18.8 Å². The molecular formula is C16H21NO2S. The van der Waals surface area contributed by atoms with Crippen LogP contribution in [0.25, 0.3) is 0 Å². The van der Waals surface area contributed by atoms with Gasteiger partial charge in [0.1, 0.15) is 11.5 Å². The van der Waals surface area contributed by atoms with Crippen LogP contribution in [0.15, 0.2) is 11.4 Å². The summed E-state index contributed by atoms with van der Waals surface area (Å²) in [5.41, 5.74) is 0.727. The molecule has 0 aliphatic heterocycles. The third-order valence-corrected chi connectivity index (χ3v) is 4.92. The first kappa shape index (κ1) is 15.1. The Morgan fingerprint density at radius 3 is 2.80 bits per heavy atom. The van der Waals surface area contributed by atoms with Crippen molar-refractivity contribution >= 4 is 17.2 Å². The van der Waals surface area contributed by atoms with Crippen molar-refractivity contribution < 1.29 is 9.90 Å². The van der Waals surface area contributed by atoms with Crippen LogP contribution in [0.2, 0.25) is 0 Å². The predicted molar refractivity (Wildman–Crippen MR) is 81.8 cm³/mol. The number of aliphatic hydroxyl groups excluding tert-OH is 1. The van der Waals surface area contributed by atoms with Gasteiger partial charge in [-0.25, -0.2) is 0 Å². The van der Waals surface area contributed by atoms with Gasteiger partial charge in [0, 0.05) is 18.7 Å². The third kappa shape index (κ3) is 3.41. The fraction of sp³-hybridized carbons (Fsp3) is 0.562. The van der Waals surface area contributed by atoms with E-state index >= 15 is 0 Å². The molecule has 1 aromatic rings. The maximum atomic E-state index is 12.6. The normalized spacial score (nSPS) is 21.9. The standard InChI is InChI=1S/C16H21NO2S/c1-12-5-7-14(8-6-12)17(2)16(19)15-13(4-3-10-18)9-11-20-15/h9,11-12,14,18H,5-8,10H2,1-2H3. The van der Waals surface area contributed by atoms with E-state index in [1.165, 1.54) is 24.2 Å². The number of carbonyl (C=O) groups excluding carboxylic acids is 1. The summed E-state index contributed by atoms with van der Waals surface area (Å²) in [6.45, 7) is 2.10. The molecule has 2 rings (SSSR count). The Kier molecular flexibility index (Phi) is 5.22. The number of nitrogens with zero attached hydrogens (tertiary/aromatic N) is 1. The van der Waals surface area contributed by atoms with Crippen molar-refractivity contribution in [2.75, 3.05) is 13.7 Å². The highest BCUT2D eigenvalue weighted by molar-refractivity contribution is 7.12. The Balaban J connectivity index is 2.09. The third-order valence-electron chi connectivity index (χ3n) is 4.02. The van der Waals surface area contributed by atoms with Crippen molar-refractivity contribution in [1.82, 2.24) is 4.90 Å². The van der Waals surface area contributed by atoms with Gasteiger partial charge in [0.05, 0.1) is 0 Å². The second-order valence-corrected chi connectivity index (χ2v) is 6.37. The zero-order valence-corrected chi connectivity index (χ0v) is 12.9. The number of carbonyl (C=O) groups is 1. The van der Waals surface area contributed by atoms with Crippen molar-refractivity contribution in [3.63, 3.8) is 0 Å². The molecule has 1 N–H and O–H groups in total. The summed E-state index contributed by atoms with van der Waals surface area (Å²) in [6.07, 6.45) is 4.58. The molecule has 0 bridgehead atoms. The van der Waals surface area contributed by atoms with E-state index in [9.17, 15) is 4.79 Å². The van der Waals surface area contributed by atoms with E-state index in [0.29, 0.717) is 10.9 Å². The minimum atomic E-state index is -0.181. The molecule has 1 heterocycles. The van der Waals surface area contributed by atoms with Crippen molar-refractivity contribution in [3.05, 3.63) is 21.9 Å². The van der Waals surface area contributed by atoms with Gasteiger partial charge in [-0.2, -0.15) is 0 Å². The lowest BCUT2D eigenvalue weighted by atomic mass is 9.86. The van der Waals surface area contributed by atoms with Crippen LogP contribution in [0, 0.1) is 17.8 Å². The predicted octanol–water partition coefficient (Wildman–Crippen LogP) is 2.74. The second-order valence-electron chi connectivity index (χ2n) is 5.45. The molecule has 1 aliphatic rings. The van der Waals surface area contributed by atoms with Crippen molar-refractivity contribution in [2.45, 2.75) is 38.6 Å². The summed E-state index contributed by atoms with van der Waals surface area (Å²) in [6, 6.07) is 2.19. The Morgan fingerprint density at radius 2 is 2.15 bits per heavy atom. The lowest BCUT2D eigenvalue weighted by Crippen LogP contribution is -2.39. The molecule has 3 nitrogen and oxygen atoms in total. The van der Waals surface area contributed by atoms with Crippen LogP contribution in [0.3, 0.4) is 0 Å². The zero-order valence-electron chi connectivity index (χ0n) is 12.1.